The first-order valence-corrected chi connectivity index (χ1v) is 9.92. The number of H-pyrrole nitrogens is 1. The molecule has 0 aliphatic carbocycles. The van der Waals surface area contributed by atoms with E-state index >= 15 is 0 Å². The van der Waals surface area contributed by atoms with E-state index in [0.717, 1.165) is 16.8 Å². The fraction of sp³-hybridized carbons (Fsp3) is 0.304. The fourth-order valence-electron chi connectivity index (χ4n) is 3.97. The van der Waals surface area contributed by atoms with Gasteiger partial charge in [-0.25, -0.2) is 0 Å². The number of ether oxygens (including phenoxy) is 2. The van der Waals surface area contributed by atoms with Crippen LogP contribution in [0.1, 0.15) is 54.1 Å². The summed E-state index contributed by atoms with van der Waals surface area (Å²) in [7, 11) is 1.55. The molecule has 0 saturated heterocycles. The van der Waals surface area contributed by atoms with Crippen molar-refractivity contribution in [3.05, 3.63) is 71.0 Å². The Morgan fingerprint density at radius 1 is 1.03 bits per heavy atom. The topological polar surface area (TPSA) is 67.5 Å². The molecule has 1 atom stereocenters. The van der Waals surface area contributed by atoms with E-state index in [-0.39, 0.29) is 22.8 Å². The third kappa shape index (κ3) is 3.79. The SMILES string of the molecule is COc1ccccc1[C@@H]1c2c(n[nH]c2C(C)(C)C)C(=O)N1c1ccc(OC(F)(F)F)cc1. The molecule has 0 radical (unpaired) electrons. The average Bonchev–Trinajstić information content (AvgIpc) is 3.26. The van der Waals surface area contributed by atoms with Crippen molar-refractivity contribution in [2.45, 2.75) is 38.6 Å². The molecule has 0 spiro atoms. The van der Waals surface area contributed by atoms with E-state index < -0.39 is 12.4 Å². The van der Waals surface area contributed by atoms with Crippen LogP contribution in [0, 0.1) is 0 Å². The van der Waals surface area contributed by atoms with Gasteiger partial charge in [-0.2, -0.15) is 5.10 Å². The molecule has 4 rings (SSSR count). The zero-order valence-electron chi connectivity index (χ0n) is 17.9. The summed E-state index contributed by atoms with van der Waals surface area (Å²) in [6, 6.07) is 12.0. The summed E-state index contributed by atoms with van der Waals surface area (Å²) in [5.74, 6) is -0.135. The number of aromatic nitrogens is 2. The number of methoxy groups -OCH3 is 1. The highest BCUT2D eigenvalue weighted by Gasteiger charge is 2.45. The van der Waals surface area contributed by atoms with Crippen LogP contribution in [0.5, 0.6) is 11.5 Å². The predicted octanol–water partition coefficient (Wildman–Crippen LogP) is 5.36. The molecular weight excluding hydrogens is 423 g/mol. The van der Waals surface area contributed by atoms with Gasteiger partial charge in [0.05, 0.1) is 13.2 Å². The Kier molecular flexibility index (Phi) is 5.15. The molecule has 2 heterocycles. The minimum Gasteiger partial charge on any atom is -0.496 e. The van der Waals surface area contributed by atoms with Crippen molar-refractivity contribution in [3.8, 4) is 11.5 Å². The van der Waals surface area contributed by atoms with Gasteiger partial charge in [0.15, 0.2) is 5.69 Å². The lowest BCUT2D eigenvalue weighted by molar-refractivity contribution is -0.274. The van der Waals surface area contributed by atoms with Crippen molar-refractivity contribution in [3.63, 3.8) is 0 Å². The number of aromatic amines is 1. The molecule has 0 saturated carbocycles. The Labute approximate surface area is 183 Å². The molecular formula is C23H22F3N3O3. The van der Waals surface area contributed by atoms with E-state index in [9.17, 15) is 18.0 Å². The zero-order chi connectivity index (χ0) is 23.3. The molecule has 1 aliphatic rings. The fourth-order valence-corrected chi connectivity index (χ4v) is 3.97. The first-order valence-electron chi connectivity index (χ1n) is 9.92. The van der Waals surface area contributed by atoms with Crippen LogP contribution in [0.3, 0.4) is 0 Å². The third-order valence-corrected chi connectivity index (χ3v) is 5.29. The lowest BCUT2D eigenvalue weighted by atomic mass is 9.85. The molecule has 168 valence electrons. The van der Waals surface area contributed by atoms with Crippen LogP contribution in [-0.2, 0) is 5.41 Å². The number of halogens is 3. The molecule has 1 aliphatic heterocycles. The van der Waals surface area contributed by atoms with E-state index in [1.165, 1.54) is 29.2 Å². The molecule has 0 bridgehead atoms. The number of carbonyl (C=O) groups is 1. The number of carbonyl (C=O) groups excluding carboxylic acids is 1. The number of benzene rings is 2. The van der Waals surface area contributed by atoms with E-state index in [1.54, 1.807) is 13.2 Å². The van der Waals surface area contributed by atoms with Crippen molar-refractivity contribution in [2.75, 3.05) is 12.0 Å². The van der Waals surface area contributed by atoms with Gasteiger partial charge < -0.3 is 9.47 Å². The van der Waals surface area contributed by atoms with E-state index in [2.05, 4.69) is 14.9 Å². The standard InChI is InChI=1S/C23H22F3N3O3/c1-22(2,3)20-17-18(27-28-20)21(30)29(19(17)15-7-5-6-8-16(15)31-4)13-9-11-14(12-10-13)32-23(24,25)26/h5-12,19H,1-4H3,(H,27,28)/t19-/m1/s1. The van der Waals surface area contributed by atoms with E-state index in [4.69, 9.17) is 4.74 Å². The molecule has 1 N–H and O–H groups in total. The van der Waals surface area contributed by atoms with E-state index in [1.807, 2.05) is 39.0 Å². The summed E-state index contributed by atoms with van der Waals surface area (Å²) in [5, 5.41) is 7.29. The van der Waals surface area contributed by atoms with Gasteiger partial charge in [-0.3, -0.25) is 14.8 Å². The maximum Gasteiger partial charge on any atom is 0.573 e. The molecule has 1 aromatic heterocycles. The Bertz CT molecular complexity index is 1150. The number of alkyl halides is 3. The molecule has 9 heteroatoms. The number of amides is 1. The minimum atomic E-state index is -4.80. The average molecular weight is 445 g/mol. The predicted molar refractivity (Wildman–Crippen MR) is 112 cm³/mol. The van der Waals surface area contributed by atoms with Crippen LogP contribution in [0.25, 0.3) is 0 Å². The molecule has 1 amide bonds. The van der Waals surface area contributed by atoms with Crippen LogP contribution < -0.4 is 14.4 Å². The summed E-state index contributed by atoms with van der Waals surface area (Å²) in [6.45, 7) is 6.03. The number of fused-ring (bicyclic) bond motifs is 1. The maximum absolute atomic E-state index is 13.4. The summed E-state index contributed by atoms with van der Waals surface area (Å²) < 4.78 is 47.2. The van der Waals surface area contributed by atoms with Crippen molar-refractivity contribution in [1.82, 2.24) is 10.2 Å². The monoisotopic (exact) mass is 445 g/mol. The smallest absolute Gasteiger partial charge is 0.496 e. The van der Waals surface area contributed by atoms with Crippen LogP contribution in [-0.4, -0.2) is 29.6 Å². The largest absolute Gasteiger partial charge is 0.573 e. The van der Waals surface area contributed by atoms with Crippen LogP contribution >= 0.6 is 0 Å². The van der Waals surface area contributed by atoms with Crippen molar-refractivity contribution < 1.29 is 27.4 Å². The number of hydrogen-bond acceptors (Lipinski definition) is 4. The molecule has 0 unspecified atom stereocenters. The molecule has 3 aromatic rings. The second-order valence-electron chi connectivity index (χ2n) is 8.47. The zero-order valence-corrected chi connectivity index (χ0v) is 17.9. The third-order valence-electron chi connectivity index (χ3n) is 5.29. The normalized spacial score (nSPS) is 16.3. The van der Waals surface area contributed by atoms with Gasteiger partial charge in [0.25, 0.3) is 5.91 Å². The van der Waals surface area contributed by atoms with Crippen molar-refractivity contribution in [2.24, 2.45) is 0 Å². The van der Waals surface area contributed by atoms with Crippen molar-refractivity contribution in [1.29, 1.82) is 0 Å². The quantitative estimate of drug-likeness (QED) is 0.587. The Hall–Kier alpha value is -3.49. The van der Waals surface area contributed by atoms with Crippen LogP contribution in [0.4, 0.5) is 18.9 Å². The number of nitrogens with one attached hydrogen (secondary N) is 1. The highest BCUT2D eigenvalue weighted by atomic mass is 19.4. The second-order valence-corrected chi connectivity index (χ2v) is 8.47. The van der Waals surface area contributed by atoms with Crippen LogP contribution in [0.2, 0.25) is 0 Å². The lowest BCUT2D eigenvalue weighted by Gasteiger charge is -2.29. The summed E-state index contributed by atoms with van der Waals surface area (Å²) >= 11 is 0. The molecule has 32 heavy (non-hydrogen) atoms. The van der Waals surface area contributed by atoms with Gasteiger partial charge in [0, 0.05) is 27.9 Å². The summed E-state index contributed by atoms with van der Waals surface area (Å²) in [5.41, 5.74) is 2.63. The first-order chi connectivity index (χ1) is 15.0. The highest BCUT2D eigenvalue weighted by molar-refractivity contribution is 6.10. The Morgan fingerprint density at radius 3 is 2.28 bits per heavy atom. The van der Waals surface area contributed by atoms with Crippen LogP contribution in [0.15, 0.2) is 48.5 Å². The van der Waals surface area contributed by atoms with Gasteiger partial charge in [-0.1, -0.05) is 39.0 Å². The molecule has 6 nitrogen and oxygen atoms in total. The Morgan fingerprint density at radius 2 is 1.69 bits per heavy atom. The van der Waals surface area contributed by atoms with Gasteiger partial charge in [0.2, 0.25) is 0 Å². The van der Waals surface area contributed by atoms with Gasteiger partial charge >= 0.3 is 6.36 Å². The Balaban J connectivity index is 1.86. The first kappa shape index (κ1) is 21.7. The van der Waals surface area contributed by atoms with Crippen molar-refractivity contribution >= 4 is 11.6 Å². The summed E-state index contributed by atoms with van der Waals surface area (Å²) in [4.78, 5) is 14.9. The minimum absolute atomic E-state index is 0.279. The maximum atomic E-state index is 13.4. The second kappa shape index (κ2) is 7.58. The lowest BCUT2D eigenvalue weighted by Crippen LogP contribution is -2.30. The number of anilines is 1. The number of hydrogen-bond donors (Lipinski definition) is 1. The highest BCUT2D eigenvalue weighted by Crippen LogP contribution is 2.47. The number of nitrogens with zero attached hydrogens (tertiary/aromatic N) is 2. The summed E-state index contributed by atoms with van der Waals surface area (Å²) in [6.07, 6.45) is -4.80. The number of para-hydroxylation sites is 1. The van der Waals surface area contributed by atoms with Gasteiger partial charge in [-0.05, 0) is 30.3 Å². The van der Waals surface area contributed by atoms with E-state index in [0.29, 0.717) is 11.4 Å². The van der Waals surface area contributed by atoms with Gasteiger partial charge in [0.1, 0.15) is 11.5 Å². The number of rotatable bonds is 4. The molecule has 0 fully saturated rings. The molecule has 2 aromatic carbocycles. The van der Waals surface area contributed by atoms with Gasteiger partial charge in [-0.15, -0.1) is 13.2 Å².